The van der Waals surface area contributed by atoms with E-state index in [9.17, 15) is 9.59 Å². The number of hydrogen-bond acceptors (Lipinski definition) is 5. The molecule has 172 valence electrons. The van der Waals surface area contributed by atoms with E-state index in [0.29, 0.717) is 36.8 Å². The SMILES string of the molecule is Cc1ccc(Cl)cc1N1CCN(C(=O)COC(=O)c2ccc(-c3nc(C)c(C)[nH]3)cc2)CC1. The molecule has 3 aromatic rings. The summed E-state index contributed by atoms with van der Waals surface area (Å²) in [6.45, 7) is 8.22. The van der Waals surface area contributed by atoms with Gasteiger partial charge in [-0.05, 0) is 50.6 Å². The van der Waals surface area contributed by atoms with Gasteiger partial charge in [-0.1, -0.05) is 29.8 Å². The normalized spacial score (nSPS) is 13.8. The van der Waals surface area contributed by atoms with Crippen LogP contribution in [0.5, 0.6) is 0 Å². The number of aromatic nitrogens is 2. The molecule has 4 rings (SSSR count). The maximum atomic E-state index is 12.6. The van der Waals surface area contributed by atoms with Crippen LogP contribution in [0.25, 0.3) is 11.4 Å². The lowest BCUT2D eigenvalue weighted by Crippen LogP contribution is -2.50. The molecule has 1 saturated heterocycles. The molecule has 0 bridgehead atoms. The van der Waals surface area contributed by atoms with Crippen LogP contribution in [0, 0.1) is 20.8 Å². The number of carbonyl (C=O) groups excluding carboxylic acids is 2. The Morgan fingerprint density at radius 3 is 2.36 bits per heavy atom. The zero-order valence-electron chi connectivity index (χ0n) is 19.0. The van der Waals surface area contributed by atoms with Gasteiger partial charge in [0.15, 0.2) is 6.61 Å². The molecule has 1 aliphatic heterocycles. The molecule has 1 N–H and O–H groups in total. The Bertz CT molecular complexity index is 1150. The Kier molecular flexibility index (Phi) is 6.70. The molecule has 0 unspecified atom stereocenters. The van der Waals surface area contributed by atoms with Crippen molar-refractivity contribution in [3.05, 3.63) is 70.0 Å². The number of imidazole rings is 1. The molecule has 1 aliphatic rings. The van der Waals surface area contributed by atoms with Crippen molar-refractivity contribution in [1.29, 1.82) is 0 Å². The van der Waals surface area contributed by atoms with Crippen LogP contribution in [0.15, 0.2) is 42.5 Å². The summed E-state index contributed by atoms with van der Waals surface area (Å²) in [6, 6.07) is 12.8. The molecule has 1 fully saturated rings. The molecule has 0 aliphatic carbocycles. The maximum absolute atomic E-state index is 12.6. The second kappa shape index (κ2) is 9.67. The van der Waals surface area contributed by atoms with E-state index in [1.54, 1.807) is 17.0 Å². The Hall–Kier alpha value is -3.32. The first kappa shape index (κ1) is 22.9. The molecule has 0 saturated carbocycles. The van der Waals surface area contributed by atoms with Crippen molar-refractivity contribution < 1.29 is 14.3 Å². The lowest BCUT2D eigenvalue weighted by molar-refractivity contribution is -0.134. The van der Waals surface area contributed by atoms with E-state index in [-0.39, 0.29) is 12.5 Å². The van der Waals surface area contributed by atoms with Crippen molar-refractivity contribution in [2.45, 2.75) is 20.8 Å². The highest BCUT2D eigenvalue weighted by molar-refractivity contribution is 6.30. The monoisotopic (exact) mass is 466 g/mol. The van der Waals surface area contributed by atoms with Crippen LogP contribution in [0.4, 0.5) is 5.69 Å². The number of aromatic amines is 1. The molecule has 8 heteroatoms. The number of anilines is 1. The smallest absolute Gasteiger partial charge is 0.338 e. The second-order valence-electron chi connectivity index (χ2n) is 8.25. The number of H-pyrrole nitrogens is 1. The van der Waals surface area contributed by atoms with E-state index in [4.69, 9.17) is 16.3 Å². The molecule has 2 aromatic carbocycles. The first-order valence-corrected chi connectivity index (χ1v) is 11.3. The third kappa shape index (κ3) is 5.20. The number of carbonyl (C=O) groups is 2. The predicted octanol–water partition coefficient (Wildman–Crippen LogP) is 4.16. The summed E-state index contributed by atoms with van der Waals surface area (Å²) in [6.07, 6.45) is 0. The third-order valence-electron chi connectivity index (χ3n) is 5.99. The lowest BCUT2D eigenvalue weighted by Gasteiger charge is -2.36. The molecule has 0 radical (unpaired) electrons. The number of amides is 1. The van der Waals surface area contributed by atoms with Crippen LogP contribution in [-0.2, 0) is 9.53 Å². The van der Waals surface area contributed by atoms with Crippen LogP contribution in [0.1, 0.15) is 27.3 Å². The fourth-order valence-electron chi connectivity index (χ4n) is 3.87. The van der Waals surface area contributed by atoms with Crippen molar-refractivity contribution in [2.24, 2.45) is 0 Å². The quantitative estimate of drug-likeness (QED) is 0.571. The predicted molar refractivity (Wildman–Crippen MR) is 129 cm³/mol. The van der Waals surface area contributed by atoms with E-state index >= 15 is 0 Å². The molecule has 33 heavy (non-hydrogen) atoms. The van der Waals surface area contributed by atoms with Gasteiger partial charge in [0.2, 0.25) is 0 Å². The fraction of sp³-hybridized carbons (Fsp3) is 0.320. The molecule has 1 aromatic heterocycles. The van der Waals surface area contributed by atoms with Crippen molar-refractivity contribution in [1.82, 2.24) is 14.9 Å². The summed E-state index contributed by atoms with van der Waals surface area (Å²) in [7, 11) is 0. The van der Waals surface area contributed by atoms with Gasteiger partial charge >= 0.3 is 5.97 Å². The number of benzene rings is 2. The van der Waals surface area contributed by atoms with Crippen molar-refractivity contribution >= 4 is 29.2 Å². The molecule has 0 spiro atoms. The fourth-order valence-corrected chi connectivity index (χ4v) is 4.04. The van der Waals surface area contributed by atoms with Crippen molar-refractivity contribution in [2.75, 3.05) is 37.7 Å². The van der Waals surface area contributed by atoms with Gasteiger partial charge < -0.3 is 19.5 Å². The number of rotatable bonds is 5. The number of nitrogens with one attached hydrogen (secondary N) is 1. The zero-order chi connectivity index (χ0) is 23.5. The molecular formula is C25H27ClN4O3. The maximum Gasteiger partial charge on any atom is 0.338 e. The summed E-state index contributed by atoms with van der Waals surface area (Å²) < 4.78 is 5.27. The Morgan fingerprint density at radius 1 is 1.03 bits per heavy atom. The average molecular weight is 467 g/mol. The number of piperazine rings is 1. The first-order chi connectivity index (χ1) is 15.8. The number of esters is 1. The largest absolute Gasteiger partial charge is 0.452 e. The Morgan fingerprint density at radius 2 is 1.73 bits per heavy atom. The third-order valence-corrected chi connectivity index (χ3v) is 6.23. The Labute approximate surface area is 198 Å². The number of nitrogens with zero attached hydrogens (tertiary/aromatic N) is 3. The first-order valence-electron chi connectivity index (χ1n) is 10.9. The van der Waals surface area contributed by atoms with Gasteiger partial charge in [0.05, 0.1) is 11.3 Å². The highest BCUT2D eigenvalue weighted by Crippen LogP contribution is 2.25. The Balaban J connectivity index is 1.28. The van der Waals surface area contributed by atoms with E-state index in [2.05, 4.69) is 14.9 Å². The summed E-state index contributed by atoms with van der Waals surface area (Å²) in [5, 5.41) is 0.698. The molecule has 1 amide bonds. The highest BCUT2D eigenvalue weighted by atomic mass is 35.5. The highest BCUT2D eigenvalue weighted by Gasteiger charge is 2.23. The van der Waals surface area contributed by atoms with Crippen LogP contribution in [-0.4, -0.2) is 59.5 Å². The van der Waals surface area contributed by atoms with E-state index < -0.39 is 5.97 Å². The van der Waals surface area contributed by atoms with Gasteiger partial charge in [0.1, 0.15) is 5.82 Å². The van der Waals surface area contributed by atoms with Crippen molar-refractivity contribution in [3.8, 4) is 11.4 Å². The number of hydrogen-bond donors (Lipinski definition) is 1. The summed E-state index contributed by atoms with van der Waals surface area (Å²) in [4.78, 5) is 36.6. The molecule has 2 heterocycles. The summed E-state index contributed by atoms with van der Waals surface area (Å²) >= 11 is 6.14. The van der Waals surface area contributed by atoms with Gasteiger partial charge in [-0.3, -0.25) is 4.79 Å². The van der Waals surface area contributed by atoms with Crippen LogP contribution in [0.2, 0.25) is 5.02 Å². The number of aryl methyl sites for hydroxylation is 3. The zero-order valence-corrected chi connectivity index (χ0v) is 19.8. The molecule has 7 nitrogen and oxygen atoms in total. The van der Waals surface area contributed by atoms with E-state index in [0.717, 1.165) is 34.0 Å². The number of ether oxygens (including phenoxy) is 1. The minimum Gasteiger partial charge on any atom is -0.452 e. The van der Waals surface area contributed by atoms with Gasteiger partial charge in [0, 0.05) is 48.1 Å². The molecular weight excluding hydrogens is 440 g/mol. The standard InChI is InChI=1S/C25H27ClN4O3/c1-16-4-9-21(26)14-22(16)29-10-12-30(13-11-29)23(31)15-33-25(32)20-7-5-19(6-8-20)24-27-17(2)18(3)28-24/h4-9,14H,10-13,15H2,1-3H3,(H,27,28). The number of halogens is 1. The topological polar surface area (TPSA) is 78.5 Å². The van der Waals surface area contributed by atoms with E-state index in [1.165, 1.54) is 0 Å². The minimum absolute atomic E-state index is 0.191. The van der Waals surface area contributed by atoms with Gasteiger partial charge in [-0.2, -0.15) is 0 Å². The average Bonchev–Trinajstić information content (AvgIpc) is 3.17. The second-order valence-corrected chi connectivity index (χ2v) is 8.68. The van der Waals surface area contributed by atoms with Gasteiger partial charge in [0.25, 0.3) is 5.91 Å². The van der Waals surface area contributed by atoms with Crippen molar-refractivity contribution in [3.63, 3.8) is 0 Å². The lowest BCUT2D eigenvalue weighted by atomic mass is 10.1. The van der Waals surface area contributed by atoms with Crippen LogP contribution < -0.4 is 4.90 Å². The summed E-state index contributed by atoms with van der Waals surface area (Å²) in [5.74, 6) is 0.0473. The van der Waals surface area contributed by atoms with Crippen LogP contribution >= 0.6 is 11.6 Å². The summed E-state index contributed by atoms with van der Waals surface area (Å²) in [5.41, 5.74) is 5.46. The molecule has 0 atom stereocenters. The van der Waals surface area contributed by atoms with E-state index in [1.807, 2.05) is 51.1 Å². The van der Waals surface area contributed by atoms with Crippen LogP contribution in [0.3, 0.4) is 0 Å². The van der Waals surface area contributed by atoms with Gasteiger partial charge in [-0.25, -0.2) is 9.78 Å². The minimum atomic E-state index is -0.519. The van der Waals surface area contributed by atoms with Gasteiger partial charge in [-0.15, -0.1) is 0 Å².